The van der Waals surface area contributed by atoms with Crippen LogP contribution in [-0.4, -0.2) is 25.5 Å². The van der Waals surface area contributed by atoms with Crippen molar-refractivity contribution >= 4 is 5.91 Å². The predicted octanol–water partition coefficient (Wildman–Crippen LogP) is 2.32. The van der Waals surface area contributed by atoms with Crippen molar-refractivity contribution in [3.63, 3.8) is 0 Å². The fraction of sp³-hybridized carbons (Fsp3) is 0.923. The Morgan fingerprint density at radius 1 is 1.12 bits per heavy atom. The van der Waals surface area contributed by atoms with Gasteiger partial charge in [0.05, 0.1) is 6.54 Å². The van der Waals surface area contributed by atoms with Crippen LogP contribution in [0, 0.1) is 5.92 Å². The number of carbonyl (C=O) groups is 1. The third-order valence-corrected chi connectivity index (χ3v) is 2.54. The van der Waals surface area contributed by atoms with E-state index in [4.69, 9.17) is 0 Å². The molecule has 0 spiro atoms. The Hall–Kier alpha value is -0.570. The number of nitrogens with one attached hydrogen (secondary N) is 2. The molecule has 1 amide bonds. The van der Waals surface area contributed by atoms with E-state index in [9.17, 15) is 4.79 Å². The molecular formula is C13H28N2O. The molecule has 3 heteroatoms. The molecule has 2 N–H and O–H groups in total. The summed E-state index contributed by atoms with van der Waals surface area (Å²) in [6.45, 7) is 8.75. The summed E-state index contributed by atoms with van der Waals surface area (Å²) in [5.74, 6) is 0.776. The fourth-order valence-electron chi connectivity index (χ4n) is 1.44. The van der Waals surface area contributed by atoms with Crippen LogP contribution in [0.15, 0.2) is 0 Å². The maximum atomic E-state index is 11.3. The van der Waals surface area contributed by atoms with E-state index in [0.29, 0.717) is 12.5 Å². The van der Waals surface area contributed by atoms with Gasteiger partial charge in [0.2, 0.25) is 5.91 Å². The first-order valence-corrected chi connectivity index (χ1v) is 6.64. The standard InChI is InChI=1S/C13H28N2O/c1-4-5-6-7-9-14-11-13(16)15-10-8-12(2)3/h12,14H,4-11H2,1-3H3,(H,15,16). The molecule has 16 heavy (non-hydrogen) atoms. The lowest BCUT2D eigenvalue weighted by Crippen LogP contribution is -2.35. The predicted molar refractivity (Wildman–Crippen MR) is 69.5 cm³/mol. The van der Waals surface area contributed by atoms with Gasteiger partial charge >= 0.3 is 0 Å². The summed E-state index contributed by atoms with van der Waals surface area (Å²) in [5, 5.41) is 6.08. The van der Waals surface area contributed by atoms with Crippen molar-refractivity contribution in [1.29, 1.82) is 0 Å². The number of hydrogen-bond donors (Lipinski definition) is 2. The second-order valence-electron chi connectivity index (χ2n) is 4.77. The quantitative estimate of drug-likeness (QED) is 0.563. The van der Waals surface area contributed by atoms with E-state index in [0.717, 1.165) is 19.5 Å². The third-order valence-electron chi connectivity index (χ3n) is 2.54. The van der Waals surface area contributed by atoms with Crippen LogP contribution in [0.3, 0.4) is 0 Å². The topological polar surface area (TPSA) is 41.1 Å². The van der Waals surface area contributed by atoms with Gasteiger partial charge in [0, 0.05) is 6.54 Å². The second-order valence-corrected chi connectivity index (χ2v) is 4.77. The molecule has 0 unspecified atom stereocenters. The highest BCUT2D eigenvalue weighted by molar-refractivity contribution is 5.77. The molecule has 0 rings (SSSR count). The van der Waals surface area contributed by atoms with Crippen molar-refractivity contribution in [2.24, 2.45) is 5.92 Å². The molecule has 0 atom stereocenters. The highest BCUT2D eigenvalue weighted by Crippen LogP contribution is 1.97. The smallest absolute Gasteiger partial charge is 0.233 e. The molecule has 0 aromatic rings. The van der Waals surface area contributed by atoms with Crippen molar-refractivity contribution in [1.82, 2.24) is 10.6 Å². The zero-order valence-corrected chi connectivity index (χ0v) is 11.1. The molecule has 0 aromatic heterocycles. The lowest BCUT2D eigenvalue weighted by atomic mass is 10.1. The summed E-state index contributed by atoms with van der Waals surface area (Å²) in [7, 11) is 0. The molecule has 0 radical (unpaired) electrons. The first-order valence-electron chi connectivity index (χ1n) is 6.64. The summed E-state index contributed by atoms with van der Waals surface area (Å²) in [4.78, 5) is 11.3. The fourth-order valence-corrected chi connectivity index (χ4v) is 1.44. The molecule has 3 nitrogen and oxygen atoms in total. The Morgan fingerprint density at radius 3 is 2.50 bits per heavy atom. The molecule has 0 saturated heterocycles. The van der Waals surface area contributed by atoms with E-state index >= 15 is 0 Å². The average molecular weight is 228 g/mol. The Kier molecular flexibility index (Phi) is 10.5. The summed E-state index contributed by atoms with van der Waals surface area (Å²) in [6.07, 6.45) is 6.05. The van der Waals surface area contributed by atoms with Gasteiger partial charge in [-0.25, -0.2) is 0 Å². The van der Waals surface area contributed by atoms with Gasteiger partial charge in [-0.15, -0.1) is 0 Å². The summed E-state index contributed by atoms with van der Waals surface area (Å²) in [6, 6.07) is 0. The van der Waals surface area contributed by atoms with Crippen LogP contribution in [0.4, 0.5) is 0 Å². The van der Waals surface area contributed by atoms with E-state index < -0.39 is 0 Å². The SMILES string of the molecule is CCCCCCNCC(=O)NCCC(C)C. The lowest BCUT2D eigenvalue weighted by Gasteiger charge is -2.08. The van der Waals surface area contributed by atoms with E-state index in [-0.39, 0.29) is 5.91 Å². The number of rotatable bonds is 10. The monoisotopic (exact) mass is 228 g/mol. The van der Waals surface area contributed by atoms with Crippen LogP contribution in [0.2, 0.25) is 0 Å². The molecular weight excluding hydrogens is 200 g/mol. The van der Waals surface area contributed by atoms with Crippen LogP contribution in [-0.2, 0) is 4.79 Å². The van der Waals surface area contributed by atoms with Crippen LogP contribution in [0.1, 0.15) is 52.9 Å². The van der Waals surface area contributed by atoms with Crippen LogP contribution in [0.5, 0.6) is 0 Å². The first kappa shape index (κ1) is 15.4. The molecule has 0 aliphatic rings. The van der Waals surface area contributed by atoms with Gasteiger partial charge < -0.3 is 10.6 Å². The Bertz CT molecular complexity index is 169. The molecule has 0 aromatic carbocycles. The first-order chi connectivity index (χ1) is 7.66. The van der Waals surface area contributed by atoms with Crippen LogP contribution >= 0.6 is 0 Å². The van der Waals surface area contributed by atoms with Crippen molar-refractivity contribution in [2.75, 3.05) is 19.6 Å². The lowest BCUT2D eigenvalue weighted by molar-refractivity contribution is -0.120. The van der Waals surface area contributed by atoms with Crippen LogP contribution in [0.25, 0.3) is 0 Å². The van der Waals surface area contributed by atoms with Gasteiger partial charge in [0.25, 0.3) is 0 Å². The minimum Gasteiger partial charge on any atom is -0.355 e. The van der Waals surface area contributed by atoms with Gasteiger partial charge in [0.1, 0.15) is 0 Å². The van der Waals surface area contributed by atoms with Gasteiger partial charge in [-0.2, -0.15) is 0 Å². The van der Waals surface area contributed by atoms with Crippen molar-refractivity contribution < 1.29 is 4.79 Å². The Labute approximate surface area is 100 Å². The van der Waals surface area contributed by atoms with E-state index in [2.05, 4.69) is 31.4 Å². The zero-order chi connectivity index (χ0) is 12.2. The molecule has 0 heterocycles. The van der Waals surface area contributed by atoms with Crippen molar-refractivity contribution in [3.05, 3.63) is 0 Å². The molecule has 0 aliphatic carbocycles. The number of amides is 1. The molecule has 0 fully saturated rings. The maximum absolute atomic E-state index is 11.3. The van der Waals surface area contributed by atoms with Gasteiger partial charge in [0.15, 0.2) is 0 Å². The Balaban J connectivity index is 3.17. The zero-order valence-electron chi connectivity index (χ0n) is 11.1. The van der Waals surface area contributed by atoms with Crippen molar-refractivity contribution in [3.8, 4) is 0 Å². The molecule has 0 aliphatic heterocycles. The van der Waals surface area contributed by atoms with Gasteiger partial charge in [-0.05, 0) is 25.3 Å². The Morgan fingerprint density at radius 2 is 1.88 bits per heavy atom. The summed E-state index contributed by atoms with van der Waals surface area (Å²) >= 11 is 0. The summed E-state index contributed by atoms with van der Waals surface area (Å²) in [5.41, 5.74) is 0. The maximum Gasteiger partial charge on any atom is 0.233 e. The molecule has 0 bridgehead atoms. The van der Waals surface area contributed by atoms with E-state index in [1.807, 2.05) is 0 Å². The van der Waals surface area contributed by atoms with Gasteiger partial charge in [-0.3, -0.25) is 4.79 Å². The van der Waals surface area contributed by atoms with E-state index in [1.165, 1.54) is 25.7 Å². The number of carbonyl (C=O) groups excluding carboxylic acids is 1. The minimum absolute atomic E-state index is 0.121. The highest BCUT2D eigenvalue weighted by Gasteiger charge is 2.00. The highest BCUT2D eigenvalue weighted by atomic mass is 16.1. The largest absolute Gasteiger partial charge is 0.355 e. The number of hydrogen-bond acceptors (Lipinski definition) is 2. The third kappa shape index (κ3) is 11.5. The average Bonchev–Trinajstić information content (AvgIpc) is 2.22. The second kappa shape index (κ2) is 10.9. The molecule has 0 saturated carbocycles. The molecule has 96 valence electrons. The van der Waals surface area contributed by atoms with Gasteiger partial charge in [-0.1, -0.05) is 40.0 Å². The number of unbranched alkanes of at least 4 members (excludes halogenated alkanes) is 3. The van der Waals surface area contributed by atoms with Crippen LogP contribution < -0.4 is 10.6 Å². The van der Waals surface area contributed by atoms with Crippen molar-refractivity contribution in [2.45, 2.75) is 52.9 Å². The normalized spacial score (nSPS) is 10.8. The van der Waals surface area contributed by atoms with E-state index in [1.54, 1.807) is 0 Å². The summed E-state index contributed by atoms with van der Waals surface area (Å²) < 4.78 is 0. The minimum atomic E-state index is 0.121.